The van der Waals surface area contributed by atoms with E-state index in [1.807, 2.05) is 6.92 Å². The van der Waals surface area contributed by atoms with Gasteiger partial charge in [-0.3, -0.25) is 4.79 Å². The van der Waals surface area contributed by atoms with Crippen molar-refractivity contribution in [3.05, 3.63) is 34.6 Å². The normalized spacial score (nSPS) is 21.8. The molecule has 3 nitrogen and oxygen atoms in total. The third kappa shape index (κ3) is 3.81. The summed E-state index contributed by atoms with van der Waals surface area (Å²) in [4.78, 5) is 12.0. The summed E-state index contributed by atoms with van der Waals surface area (Å²) in [6, 6.07) is 4.46. The highest BCUT2D eigenvalue weighted by Crippen LogP contribution is 2.24. The van der Waals surface area contributed by atoms with Crippen molar-refractivity contribution in [2.24, 2.45) is 5.41 Å². The zero-order valence-electron chi connectivity index (χ0n) is 10.6. The molecule has 1 aromatic carbocycles. The predicted octanol–water partition coefficient (Wildman–Crippen LogP) is 2.52. The van der Waals surface area contributed by atoms with Gasteiger partial charge in [0.05, 0.1) is 10.4 Å². The summed E-state index contributed by atoms with van der Waals surface area (Å²) in [7, 11) is 0. The van der Waals surface area contributed by atoms with Crippen LogP contribution in [0, 0.1) is 11.2 Å². The van der Waals surface area contributed by atoms with Gasteiger partial charge < -0.3 is 10.6 Å². The van der Waals surface area contributed by atoms with Crippen LogP contribution in [0.1, 0.15) is 18.9 Å². The Hall–Kier alpha value is -0.840. The molecule has 0 saturated carbocycles. The SMILES string of the molecule is CC1(C(=O)NCc2ccc(F)c(Cl)c2)CCNC1.Cl. The molecule has 1 aliphatic heterocycles. The Morgan fingerprint density at radius 1 is 1.58 bits per heavy atom. The second kappa shape index (κ2) is 6.55. The number of halogens is 3. The fourth-order valence-corrected chi connectivity index (χ4v) is 2.26. The molecule has 1 fully saturated rings. The zero-order valence-corrected chi connectivity index (χ0v) is 12.2. The summed E-state index contributed by atoms with van der Waals surface area (Å²) in [5.74, 6) is -0.424. The highest BCUT2D eigenvalue weighted by Gasteiger charge is 2.35. The fraction of sp³-hybridized carbons (Fsp3) is 0.462. The van der Waals surface area contributed by atoms with Gasteiger partial charge in [-0.1, -0.05) is 17.7 Å². The highest BCUT2D eigenvalue weighted by atomic mass is 35.5. The summed E-state index contributed by atoms with van der Waals surface area (Å²) in [5, 5.41) is 6.12. The van der Waals surface area contributed by atoms with E-state index in [4.69, 9.17) is 11.6 Å². The summed E-state index contributed by atoms with van der Waals surface area (Å²) in [5.41, 5.74) is 0.452. The largest absolute Gasteiger partial charge is 0.352 e. The van der Waals surface area contributed by atoms with Crippen LogP contribution >= 0.6 is 24.0 Å². The van der Waals surface area contributed by atoms with Crippen LogP contribution in [0.3, 0.4) is 0 Å². The second-order valence-electron chi connectivity index (χ2n) is 4.92. The Morgan fingerprint density at radius 2 is 2.32 bits per heavy atom. The first-order chi connectivity index (χ1) is 8.51. The lowest BCUT2D eigenvalue weighted by atomic mass is 9.89. The monoisotopic (exact) mass is 306 g/mol. The summed E-state index contributed by atoms with van der Waals surface area (Å²) < 4.78 is 13.0. The molecule has 1 amide bonds. The number of carbonyl (C=O) groups excluding carboxylic acids is 1. The van der Waals surface area contributed by atoms with E-state index in [1.54, 1.807) is 6.07 Å². The summed E-state index contributed by atoms with van der Waals surface area (Å²) >= 11 is 5.69. The molecule has 0 spiro atoms. The van der Waals surface area contributed by atoms with Gasteiger partial charge >= 0.3 is 0 Å². The number of rotatable bonds is 3. The minimum atomic E-state index is -0.446. The van der Waals surface area contributed by atoms with Crippen molar-refractivity contribution in [3.63, 3.8) is 0 Å². The van der Waals surface area contributed by atoms with E-state index in [0.29, 0.717) is 13.1 Å². The number of carbonyl (C=O) groups is 1. The van der Waals surface area contributed by atoms with Crippen LogP contribution in [-0.2, 0) is 11.3 Å². The molecule has 2 rings (SSSR count). The minimum absolute atomic E-state index is 0. The maximum Gasteiger partial charge on any atom is 0.227 e. The van der Waals surface area contributed by atoms with Crippen LogP contribution in [0.5, 0.6) is 0 Å². The van der Waals surface area contributed by atoms with Gasteiger partial charge in [-0.05, 0) is 37.6 Å². The Bertz CT molecular complexity index is 462. The lowest BCUT2D eigenvalue weighted by Gasteiger charge is -2.21. The van der Waals surface area contributed by atoms with Gasteiger partial charge in [-0.2, -0.15) is 0 Å². The molecular weight excluding hydrogens is 290 g/mol. The molecule has 0 bridgehead atoms. The Balaban J connectivity index is 0.00000180. The van der Waals surface area contributed by atoms with Gasteiger partial charge in [0.15, 0.2) is 0 Å². The van der Waals surface area contributed by atoms with E-state index in [9.17, 15) is 9.18 Å². The Morgan fingerprint density at radius 3 is 2.89 bits per heavy atom. The van der Waals surface area contributed by atoms with Gasteiger partial charge in [-0.25, -0.2) is 4.39 Å². The number of amides is 1. The molecule has 1 heterocycles. The fourth-order valence-electron chi connectivity index (χ4n) is 2.06. The number of hydrogen-bond acceptors (Lipinski definition) is 2. The molecule has 0 aromatic heterocycles. The average molecular weight is 307 g/mol. The molecule has 0 aliphatic carbocycles. The van der Waals surface area contributed by atoms with Gasteiger partial charge in [0.1, 0.15) is 5.82 Å². The van der Waals surface area contributed by atoms with Crippen molar-refractivity contribution in [1.29, 1.82) is 0 Å². The van der Waals surface area contributed by atoms with Gasteiger partial charge in [0.25, 0.3) is 0 Å². The third-order valence-electron chi connectivity index (χ3n) is 3.35. The Labute approximate surface area is 123 Å². The smallest absolute Gasteiger partial charge is 0.227 e. The molecule has 1 atom stereocenters. The van der Waals surface area contributed by atoms with E-state index in [-0.39, 0.29) is 28.8 Å². The molecule has 106 valence electrons. The minimum Gasteiger partial charge on any atom is -0.352 e. The molecule has 0 radical (unpaired) electrons. The van der Waals surface area contributed by atoms with Crippen LogP contribution in [0.4, 0.5) is 4.39 Å². The van der Waals surface area contributed by atoms with Gasteiger partial charge in [-0.15, -0.1) is 12.4 Å². The molecule has 6 heteroatoms. The molecule has 1 unspecified atom stereocenters. The van der Waals surface area contributed by atoms with Crippen molar-refractivity contribution in [2.45, 2.75) is 19.9 Å². The first kappa shape index (κ1) is 16.2. The summed E-state index contributed by atoms with van der Waals surface area (Å²) in [6.07, 6.45) is 0.836. The van der Waals surface area contributed by atoms with Crippen molar-refractivity contribution in [2.75, 3.05) is 13.1 Å². The van der Waals surface area contributed by atoms with Crippen molar-refractivity contribution < 1.29 is 9.18 Å². The van der Waals surface area contributed by atoms with Crippen LogP contribution in [0.25, 0.3) is 0 Å². The molecule has 2 N–H and O–H groups in total. The van der Waals surface area contributed by atoms with E-state index in [2.05, 4.69) is 10.6 Å². The number of hydrogen-bond donors (Lipinski definition) is 2. The van der Waals surface area contributed by atoms with E-state index >= 15 is 0 Å². The van der Waals surface area contributed by atoms with E-state index in [1.165, 1.54) is 12.1 Å². The van der Waals surface area contributed by atoms with Crippen LogP contribution in [-0.4, -0.2) is 19.0 Å². The quantitative estimate of drug-likeness (QED) is 0.901. The van der Waals surface area contributed by atoms with Crippen molar-refractivity contribution in [3.8, 4) is 0 Å². The van der Waals surface area contributed by atoms with Crippen molar-refractivity contribution >= 4 is 29.9 Å². The number of benzene rings is 1. The van der Waals surface area contributed by atoms with Crippen LogP contribution in [0.2, 0.25) is 5.02 Å². The van der Waals surface area contributed by atoms with Crippen LogP contribution < -0.4 is 10.6 Å². The molecule has 1 aliphatic rings. The number of nitrogens with one attached hydrogen (secondary N) is 2. The lowest BCUT2D eigenvalue weighted by Crippen LogP contribution is -2.40. The maximum absolute atomic E-state index is 13.0. The van der Waals surface area contributed by atoms with Gasteiger partial charge in [0, 0.05) is 13.1 Å². The lowest BCUT2D eigenvalue weighted by molar-refractivity contribution is -0.129. The predicted molar refractivity (Wildman–Crippen MR) is 76.1 cm³/mol. The first-order valence-corrected chi connectivity index (χ1v) is 6.32. The molecule has 19 heavy (non-hydrogen) atoms. The molecule has 1 saturated heterocycles. The van der Waals surface area contributed by atoms with Gasteiger partial charge in [0.2, 0.25) is 5.91 Å². The maximum atomic E-state index is 13.0. The summed E-state index contributed by atoms with van der Waals surface area (Å²) in [6.45, 7) is 3.88. The van der Waals surface area contributed by atoms with Crippen molar-refractivity contribution in [1.82, 2.24) is 10.6 Å². The van der Waals surface area contributed by atoms with E-state index in [0.717, 1.165) is 18.5 Å². The molecular formula is C13H17Cl2FN2O. The third-order valence-corrected chi connectivity index (χ3v) is 3.64. The van der Waals surface area contributed by atoms with E-state index < -0.39 is 5.82 Å². The van der Waals surface area contributed by atoms with Crippen LogP contribution in [0.15, 0.2) is 18.2 Å². The highest BCUT2D eigenvalue weighted by molar-refractivity contribution is 6.30. The first-order valence-electron chi connectivity index (χ1n) is 5.94. The average Bonchev–Trinajstić information content (AvgIpc) is 2.79. The topological polar surface area (TPSA) is 41.1 Å². The zero-order chi connectivity index (χ0) is 13.2. The molecule has 1 aromatic rings. The standard InChI is InChI=1S/C13H16ClFN2O.ClH/c1-13(4-5-16-8-13)12(18)17-7-9-2-3-11(15)10(14)6-9;/h2-3,6,16H,4-5,7-8H2,1H3,(H,17,18);1H. The Kier molecular flexibility index (Phi) is 5.59. The second-order valence-corrected chi connectivity index (χ2v) is 5.33.